The maximum atomic E-state index is 13.1. The Balaban J connectivity index is 2.19. The van der Waals surface area contributed by atoms with Crippen LogP contribution in [0.1, 0.15) is 5.56 Å². The minimum absolute atomic E-state index is 0.245. The molecule has 0 unspecified atom stereocenters. The SMILES string of the molecule is CN(c1ccc(F)cc1)c1c(CN)cnc2ccccc12. The average Bonchev–Trinajstić information content (AvgIpc) is 2.53. The summed E-state index contributed by atoms with van der Waals surface area (Å²) in [5.74, 6) is -0.245. The Morgan fingerprint density at radius 2 is 1.81 bits per heavy atom. The van der Waals surface area contributed by atoms with Gasteiger partial charge in [0.1, 0.15) is 5.82 Å². The molecule has 1 heterocycles. The minimum Gasteiger partial charge on any atom is -0.344 e. The van der Waals surface area contributed by atoms with E-state index in [2.05, 4.69) is 4.98 Å². The molecule has 106 valence electrons. The molecule has 2 aromatic carbocycles. The lowest BCUT2D eigenvalue weighted by atomic mass is 10.1. The van der Waals surface area contributed by atoms with Crippen LogP contribution in [0.25, 0.3) is 10.9 Å². The van der Waals surface area contributed by atoms with Gasteiger partial charge < -0.3 is 10.6 Å². The minimum atomic E-state index is -0.245. The summed E-state index contributed by atoms with van der Waals surface area (Å²) in [5.41, 5.74) is 9.64. The van der Waals surface area contributed by atoms with Crippen LogP contribution in [0.5, 0.6) is 0 Å². The molecule has 21 heavy (non-hydrogen) atoms. The number of rotatable bonds is 3. The summed E-state index contributed by atoms with van der Waals surface area (Å²) in [4.78, 5) is 6.46. The Morgan fingerprint density at radius 3 is 2.52 bits per heavy atom. The smallest absolute Gasteiger partial charge is 0.123 e. The molecule has 0 spiro atoms. The zero-order valence-electron chi connectivity index (χ0n) is 11.8. The van der Waals surface area contributed by atoms with Crippen molar-refractivity contribution in [3.05, 3.63) is 66.1 Å². The molecule has 0 bridgehead atoms. The largest absolute Gasteiger partial charge is 0.344 e. The van der Waals surface area contributed by atoms with Crippen molar-refractivity contribution >= 4 is 22.3 Å². The Labute approximate surface area is 122 Å². The molecular weight excluding hydrogens is 265 g/mol. The molecule has 0 saturated heterocycles. The molecule has 2 N–H and O–H groups in total. The number of nitrogens with zero attached hydrogens (tertiary/aromatic N) is 2. The van der Waals surface area contributed by atoms with Gasteiger partial charge in [0.15, 0.2) is 0 Å². The van der Waals surface area contributed by atoms with Crippen molar-refractivity contribution in [1.82, 2.24) is 4.98 Å². The van der Waals surface area contributed by atoms with E-state index >= 15 is 0 Å². The quantitative estimate of drug-likeness (QED) is 0.797. The first-order valence-corrected chi connectivity index (χ1v) is 6.76. The van der Waals surface area contributed by atoms with Crippen molar-refractivity contribution in [2.45, 2.75) is 6.54 Å². The van der Waals surface area contributed by atoms with Gasteiger partial charge in [-0.05, 0) is 30.3 Å². The lowest BCUT2D eigenvalue weighted by Crippen LogP contribution is -2.14. The first kappa shape index (κ1) is 13.5. The molecular formula is C17H16FN3. The van der Waals surface area contributed by atoms with Gasteiger partial charge in [0.2, 0.25) is 0 Å². The van der Waals surface area contributed by atoms with Crippen molar-refractivity contribution in [3.8, 4) is 0 Å². The van der Waals surface area contributed by atoms with Crippen molar-refractivity contribution < 1.29 is 4.39 Å². The highest BCUT2D eigenvalue weighted by Crippen LogP contribution is 2.33. The van der Waals surface area contributed by atoms with Crippen molar-refractivity contribution in [1.29, 1.82) is 0 Å². The van der Waals surface area contributed by atoms with Gasteiger partial charge in [-0.15, -0.1) is 0 Å². The number of aromatic nitrogens is 1. The number of hydrogen-bond acceptors (Lipinski definition) is 3. The molecule has 0 fully saturated rings. The monoisotopic (exact) mass is 281 g/mol. The molecule has 0 aliphatic heterocycles. The highest BCUT2D eigenvalue weighted by Gasteiger charge is 2.13. The van der Waals surface area contributed by atoms with Gasteiger partial charge in [-0.2, -0.15) is 0 Å². The zero-order chi connectivity index (χ0) is 14.8. The summed E-state index contributed by atoms with van der Waals surface area (Å²) in [5, 5.41) is 1.03. The van der Waals surface area contributed by atoms with Crippen molar-refractivity contribution in [2.24, 2.45) is 5.73 Å². The standard InChI is InChI=1S/C17H16FN3/c1-21(14-8-6-13(18)7-9-14)17-12(10-19)11-20-16-5-3-2-4-15(16)17/h2-9,11H,10,19H2,1H3. The second kappa shape index (κ2) is 5.50. The lowest BCUT2D eigenvalue weighted by Gasteiger charge is -2.24. The van der Waals surface area contributed by atoms with E-state index in [0.717, 1.165) is 27.8 Å². The highest BCUT2D eigenvalue weighted by atomic mass is 19.1. The van der Waals surface area contributed by atoms with Crippen LogP contribution in [0.4, 0.5) is 15.8 Å². The van der Waals surface area contributed by atoms with Crippen molar-refractivity contribution in [2.75, 3.05) is 11.9 Å². The van der Waals surface area contributed by atoms with Crippen LogP contribution in [-0.2, 0) is 6.54 Å². The van der Waals surface area contributed by atoms with E-state index in [-0.39, 0.29) is 5.82 Å². The molecule has 0 aliphatic carbocycles. The fraction of sp³-hybridized carbons (Fsp3) is 0.118. The molecule has 0 atom stereocenters. The topological polar surface area (TPSA) is 42.1 Å². The number of hydrogen-bond donors (Lipinski definition) is 1. The molecule has 3 rings (SSSR count). The molecule has 3 aromatic rings. The van der Waals surface area contributed by atoms with E-state index in [9.17, 15) is 4.39 Å². The normalized spacial score (nSPS) is 10.8. The van der Waals surface area contributed by atoms with Gasteiger partial charge in [-0.3, -0.25) is 4.98 Å². The van der Waals surface area contributed by atoms with Crippen LogP contribution >= 0.6 is 0 Å². The Bertz CT molecular complexity index is 769. The van der Waals surface area contributed by atoms with Gasteiger partial charge in [0, 0.05) is 36.4 Å². The predicted molar refractivity (Wildman–Crippen MR) is 84.1 cm³/mol. The van der Waals surface area contributed by atoms with Crippen LogP contribution in [0, 0.1) is 5.82 Å². The summed E-state index contributed by atoms with van der Waals surface area (Å²) in [6, 6.07) is 14.4. The van der Waals surface area contributed by atoms with E-state index in [1.54, 1.807) is 18.3 Å². The van der Waals surface area contributed by atoms with Gasteiger partial charge in [0.25, 0.3) is 0 Å². The summed E-state index contributed by atoms with van der Waals surface area (Å²) in [6.07, 6.45) is 1.80. The Kier molecular flexibility index (Phi) is 3.54. The number of fused-ring (bicyclic) bond motifs is 1. The van der Waals surface area contributed by atoms with Crippen LogP contribution in [-0.4, -0.2) is 12.0 Å². The van der Waals surface area contributed by atoms with Gasteiger partial charge >= 0.3 is 0 Å². The number of pyridine rings is 1. The first-order chi connectivity index (χ1) is 10.2. The third-order valence-corrected chi connectivity index (χ3v) is 3.59. The number of halogens is 1. The first-order valence-electron chi connectivity index (χ1n) is 6.76. The van der Waals surface area contributed by atoms with Gasteiger partial charge in [0.05, 0.1) is 11.2 Å². The fourth-order valence-corrected chi connectivity index (χ4v) is 2.51. The molecule has 0 aliphatic rings. The molecule has 0 amide bonds. The highest BCUT2D eigenvalue weighted by molar-refractivity contribution is 5.95. The Hall–Kier alpha value is -2.46. The summed E-state index contributed by atoms with van der Waals surface area (Å²) < 4.78 is 13.1. The van der Waals surface area contributed by atoms with Crippen molar-refractivity contribution in [3.63, 3.8) is 0 Å². The lowest BCUT2D eigenvalue weighted by molar-refractivity contribution is 0.628. The summed E-state index contributed by atoms with van der Waals surface area (Å²) in [7, 11) is 1.95. The van der Waals surface area contributed by atoms with Gasteiger partial charge in [-0.1, -0.05) is 18.2 Å². The average molecular weight is 281 g/mol. The summed E-state index contributed by atoms with van der Waals surface area (Å²) in [6.45, 7) is 0.401. The van der Waals surface area contributed by atoms with Gasteiger partial charge in [-0.25, -0.2) is 4.39 Å². The zero-order valence-corrected chi connectivity index (χ0v) is 11.8. The van der Waals surface area contributed by atoms with Crippen LogP contribution < -0.4 is 10.6 Å². The summed E-state index contributed by atoms with van der Waals surface area (Å²) >= 11 is 0. The molecule has 0 saturated carbocycles. The van der Waals surface area contributed by atoms with E-state index in [0.29, 0.717) is 6.54 Å². The molecule has 3 nitrogen and oxygen atoms in total. The number of nitrogens with two attached hydrogens (primary N) is 1. The maximum absolute atomic E-state index is 13.1. The number of para-hydroxylation sites is 1. The molecule has 0 radical (unpaired) electrons. The van der Waals surface area contributed by atoms with Crippen LogP contribution in [0.15, 0.2) is 54.7 Å². The van der Waals surface area contributed by atoms with E-state index < -0.39 is 0 Å². The van der Waals surface area contributed by atoms with E-state index in [1.165, 1.54) is 12.1 Å². The van der Waals surface area contributed by atoms with E-state index in [4.69, 9.17) is 5.73 Å². The second-order valence-corrected chi connectivity index (χ2v) is 4.89. The number of anilines is 2. The number of benzene rings is 2. The fourth-order valence-electron chi connectivity index (χ4n) is 2.51. The third kappa shape index (κ3) is 2.45. The Morgan fingerprint density at radius 1 is 1.10 bits per heavy atom. The van der Waals surface area contributed by atoms with Crippen LogP contribution in [0.3, 0.4) is 0 Å². The second-order valence-electron chi connectivity index (χ2n) is 4.89. The third-order valence-electron chi connectivity index (χ3n) is 3.59. The molecule has 1 aromatic heterocycles. The molecule has 4 heteroatoms. The van der Waals surface area contributed by atoms with E-state index in [1.807, 2.05) is 36.2 Å². The van der Waals surface area contributed by atoms with Crippen LogP contribution in [0.2, 0.25) is 0 Å². The maximum Gasteiger partial charge on any atom is 0.123 e. The predicted octanol–water partition coefficient (Wildman–Crippen LogP) is 3.60.